The zero-order valence-electron chi connectivity index (χ0n) is 42.8. The van der Waals surface area contributed by atoms with Gasteiger partial charge in [0.15, 0.2) is 0 Å². The summed E-state index contributed by atoms with van der Waals surface area (Å²) in [6.45, 7) is 6.75. The first-order valence-corrected chi connectivity index (χ1v) is 26.3. The molecular formula is C70H50N6O. The van der Waals surface area contributed by atoms with Crippen molar-refractivity contribution in [3.63, 3.8) is 0 Å². The Bertz CT molecular complexity index is 4780. The fraction of sp³-hybridized carbons (Fsp3) is 0.0571. The van der Waals surface area contributed by atoms with E-state index in [-0.39, 0.29) is 5.41 Å². The minimum Gasteiger partial charge on any atom is -0.458 e. The fourth-order valence-electron chi connectivity index (χ4n) is 11.9. The Labute approximate surface area is 445 Å². The molecule has 0 amide bonds. The molecule has 5 heterocycles. The molecule has 7 heteroatoms. The standard InChI is InChI=1S/C70H50N6O/c1-70(2,3)47-39-40-71-68(42-47)76-61-38-35-46(52-26-18-34-66-69(52)56-25-9-12-29-60(56)74(66)48-19-5-4-6-20-48)41-57(61)55-37-36-51(44-67(55)76)77-50-22-17-21-49(43-50)72-45-73(63-31-14-13-30-62(63)72)64-32-15-16-33-65(64)75-58-27-10-7-23-53(58)54-24-8-11-28-59(54)75/h4-44H,1-3H3. The van der Waals surface area contributed by atoms with Crippen molar-refractivity contribution in [2.45, 2.75) is 26.2 Å². The zero-order valence-corrected chi connectivity index (χ0v) is 42.8. The van der Waals surface area contributed by atoms with Gasteiger partial charge in [0.1, 0.15) is 17.3 Å². The number of imidazole rings is 1. The first-order chi connectivity index (χ1) is 37.8. The van der Waals surface area contributed by atoms with E-state index < -0.39 is 0 Å². The van der Waals surface area contributed by atoms with Gasteiger partial charge in [0, 0.05) is 50.3 Å². The van der Waals surface area contributed by atoms with E-state index in [9.17, 15) is 0 Å². The maximum atomic E-state index is 6.91. The minimum atomic E-state index is -0.0714. The largest absolute Gasteiger partial charge is 0.458 e. The number of ether oxygens (including phenoxy) is 1. The fourth-order valence-corrected chi connectivity index (χ4v) is 11.9. The monoisotopic (exact) mass is 990 g/mol. The smallest absolute Gasteiger partial charge is 0.269 e. The second-order valence-electron chi connectivity index (χ2n) is 21.0. The third-order valence-electron chi connectivity index (χ3n) is 15.4. The molecule has 15 rings (SSSR count). The summed E-state index contributed by atoms with van der Waals surface area (Å²) in [5.41, 5.74) is 16.5. The maximum Gasteiger partial charge on any atom is 0.269 e. The SMILES string of the molecule is CC(C)(C)c1ccnc(-n2c3ccc(-c4cccc5c4c4ccccc4n5-c4ccccc4)cc3c3ccc(Oc4cccc(-n5[c-][n+](-c6ccccc6-n6c7ccccc7c7ccccc76)c6ccccc65)c4)cc32)c1. The van der Waals surface area contributed by atoms with Crippen LogP contribution in [-0.2, 0) is 5.41 Å². The lowest BCUT2D eigenvalue weighted by Gasteiger charge is -2.20. The van der Waals surface area contributed by atoms with Gasteiger partial charge < -0.3 is 13.9 Å². The molecule has 0 aliphatic heterocycles. The van der Waals surface area contributed by atoms with E-state index in [1.807, 2.05) is 12.3 Å². The Balaban J connectivity index is 0.848. The van der Waals surface area contributed by atoms with Crippen LogP contribution in [-0.4, -0.2) is 23.3 Å². The summed E-state index contributed by atoms with van der Waals surface area (Å²) in [4.78, 5) is 5.05. The van der Waals surface area contributed by atoms with Crippen molar-refractivity contribution in [1.82, 2.24) is 23.3 Å². The Morgan fingerprint density at radius 2 is 1.05 bits per heavy atom. The summed E-state index contributed by atoms with van der Waals surface area (Å²) in [6.07, 6.45) is 5.72. The average molecular weight is 991 g/mol. The van der Waals surface area contributed by atoms with Crippen LogP contribution in [0.1, 0.15) is 26.3 Å². The van der Waals surface area contributed by atoms with Crippen molar-refractivity contribution in [2.75, 3.05) is 0 Å². The molecule has 0 N–H and O–H groups in total. The normalized spacial score (nSPS) is 12.1. The summed E-state index contributed by atoms with van der Waals surface area (Å²) in [5, 5.41) is 7.16. The average Bonchev–Trinajstić information content (AvgIpc) is 4.23. The van der Waals surface area contributed by atoms with Gasteiger partial charge in [-0.3, -0.25) is 13.7 Å². The molecule has 0 aliphatic carbocycles. The van der Waals surface area contributed by atoms with E-state index in [1.165, 1.54) is 43.7 Å². The summed E-state index contributed by atoms with van der Waals surface area (Å²) < 4.78 is 18.3. The molecule has 366 valence electrons. The highest BCUT2D eigenvalue weighted by molar-refractivity contribution is 6.17. The third-order valence-corrected chi connectivity index (χ3v) is 15.4. The molecule has 0 spiro atoms. The van der Waals surface area contributed by atoms with Gasteiger partial charge in [0.25, 0.3) is 6.33 Å². The van der Waals surface area contributed by atoms with Gasteiger partial charge in [-0.15, -0.1) is 0 Å². The number of benzene rings is 10. The highest BCUT2D eigenvalue weighted by Crippen LogP contribution is 2.43. The molecule has 0 fully saturated rings. The molecule has 0 aliphatic rings. The van der Waals surface area contributed by atoms with E-state index in [2.05, 4.69) is 287 Å². The summed E-state index contributed by atoms with van der Waals surface area (Å²) >= 11 is 0. The Kier molecular flexibility index (Phi) is 10.00. The molecule has 7 nitrogen and oxygen atoms in total. The van der Waals surface area contributed by atoms with Gasteiger partial charge >= 0.3 is 0 Å². The number of fused-ring (bicyclic) bond motifs is 10. The van der Waals surface area contributed by atoms with Crippen LogP contribution in [0.4, 0.5) is 0 Å². The molecule has 10 aromatic carbocycles. The third kappa shape index (κ3) is 7.11. The number of para-hydroxylation sites is 8. The molecule has 0 bridgehead atoms. The number of aromatic nitrogens is 6. The van der Waals surface area contributed by atoms with Gasteiger partial charge in [0.2, 0.25) is 0 Å². The van der Waals surface area contributed by atoms with E-state index in [0.717, 1.165) is 83.8 Å². The lowest BCUT2D eigenvalue weighted by molar-refractivity contribution is -0.572. The zero-order chi connectivity index (χ0) is 51.4. The predicted octanol–water partition coefficient (Wildman–Crippen LogP) is 17.2. The van der Waals surface area contributed by atoms with E-state index in [0.29, 0.717) is 5.75 Å². The Hall–Kier alpha value is -9.98. The molecule has 15 aromatic rings. The highest BCUT2D eigenvalue weighted by atomic mass is 16.5. The quantitative estimate of drug-likeness (QED) is 0.112. The van der Waals surface area contributed by atoms with Crippen molar-refractivity contribution in [2.24, 2.45) is 0 Å². The van der Waals surface area contributed by atoms with Crippen molar-refractivity contribution < 1.29 is 9.30 Å². The molecule has 0 saturated carbocycles. The van der Waals surface area contributed by atoms with Crippen LogP contribution >= 0.6 is 0 Å². The lowest BCUT2D eigenvalue weighted by Crippen LogP contribution is -2.31. The summed E-state index contributed by atoms with van der Waals surface area (Å²) in [6, 6.07) is 86.5. The number of hydrogen-bond donors (Lipinski definition) is 0. The van der Waals surface area contributed by atoms with Crippen LogP contribution in [0.3, 0.4) is 0 Å². The lowest BCUT2D eigenvalue weighted by atomic mass is 9.88. The van der Waals surface area contributed by atoms with Gasteiger partial charge in [0.05, 0.1) is 61.2 Å². The molecule has 0 saturated heterocycles. The minimum absolute atomic E-state index is 0.0714. The number of nitrogens with zero attached hydrogens (tertiary/aromatic N) is 6. The van der Waals surface area contributed by atoms with Crippen molar-refractivity contribution in [3.8, 4) is 51.2 Å². The number of hydrogen-bond acceptors (Lipinski definition) is 2. The topological polar surface area (TPSA) is 45.7 Å². The molecule has 5 aromatic heterocycles. The van der Waals surface area contributed by atoms with Crippen LogP contribution in [0, 0.1) is 6.33 Å². The Morgan fingerprint density at radius 1 is 0.429 bits per heavy atom. The van der Waals surface area contributed by atoms with Crippen LogP contribution in [0.25, 0.3) is 116 Å². The van der Waals surface area contributed by atoms with Gasteiger partial charge in [-0.1, -0.05) is 154 Å². The van der Waals surface area contributed by atoms with Crippen LogP contribution < -0.4 is 9.30 Å². The molecule has 0 unspecified atom stereocenters. The molecule has 0 radical (unpaired) electrons. The van der Waals surface area contributed by atoms with Gasteiger partial charge in [-0.2, -0.15) is 0 Å². The van der Waals surface area contributed by atoms with Crippen molar-refractivity contribution in [3.05, 3.63) is 261 Å². The first kappa shape index (κ1) is 44.5. The van der Waals surface area contributed by atoms with Crippen LogP contribution in [0.5, 0.6) is 11.5 Å². The molecule has 0 atom stereocenters. The summed E-state index contributed by atoms with van der Waals surface area (Å²) in [7, 11) is 0. The second kappa shape index (κ2) is 17.3. The van der Waals surface area contributed by atoms with E-state index in [1.54, 1.807) is 0 Å². The molecule has 77 heavy (non-hydrogen) atoms. The number of rotatable bonds is 8. The van der Waals surface area contributed by atoms with Crippen LogP contribution in [0.15, 0.2) is 249 Å². The summed E-state index contributed by atoms with van der Waals surface area (Å²) in [5.74, 6) is 2.30. The molecular weight excluding hydrogens is 941 g/mol. The Morgan fingerprint density at radius 3 is 1.84 bits per heavy atom. The van der Waals surface area contributed by atoms with Crippen molar-refractivity contribution >= 4 is 76.5 Å². The number of pyridine rings is 1. The highest BCUT2D eigenvalue weighted by Gasteiger charge is 2.23. The first-order valence-electron chi connectivity index (χ1n) is 26.3. The van der Waals surface area contributed by atoms with Gasteiger partial charge in [-0.25, -0.2) is 4.98 Å². The van der Waals surface area contributed by atoms with Crippen molar-refractivity contribution in [1.29, 1.82) is 0 Å². The van der Waals surface area contributed by atoms with Crippen LogP contribution in [0.2, 0.25) is 0 Å². The van der Waals surface area contributed by atoms with E-state index >= 15 is 0 Å². The predicted molar refractivity (Wildman–Crippen MR) is 315 cm³/mol. The van der Waals surface area contributed by atoms with E-state index in [4.69, 9.17) is 9.72 Å². The maximum absolute atomic E-state index is 6.91. The second-order valence-corrected chi connectivity index (χ2v) is 21.0. The van der Waals surface area contributed by atoms with Gasteiger partial charge in [-0.05, 0) is 125 Å².